The summed E-state index contributed by atoms with van der Waals surface area (Å²) in [6.45, 7) is 11.9. The van der Waals surface area contributed by atoms with Crippen molar-refractivity contribution in [1.82, 2.24) is 0 Å². The SMILES string of the molecule is [CH2]CC(C(N)=O)(C(C)C)C(C)C. The lowest BCUT2D eigenvalue weighted by Crippen LogP contribution is -2.45. The van der Waals surface area contributed by atoms with Crippen molar-refractivity contribution in [3.05, 3.63) is 6.92 Å². The lowest BCUT2D eigenvalue weighted by molar-refractivity contribution is -0.133. The van der Waals surface area contributed by atoms with Crippen molar-refractivity contribution in [1.29, 1.82) is 0 Å². The van der Waals surface area contributed by atoms with Crippen molar-refractivity contribution in [2.24, 2.45) is 23.0 Å². The predicted octanol–water partition coefficient (Wildman–Crippen LogP) is 1.99. The largest absolute Gasteiger partial charge is 0.369 e. The van der Waals surface area contributed by atoms with Gasteiger partial charge in [0.05, 0.1) is 5.41 Å². The molecule has 0 aromatic rings. The third-order valence-corrected chi connectivity index (χ3v) is 2.93. The minimum absolute atomic E-state index is 0.220. The zero-order valence-electron chi connectivity index (χ0n) is 8.55. The van der Waals surface area contributed by atoms with E-state index < -0.39 is 5.41 Å². The Bertz CT molecular complexity index is 153. The highest BCUT2D eigenvalue weighted by Crippen LogP contribution is 2.38. The predicted molar refractivity (Wildman–Crippen MR) is 51.3 cm³/mol. The van der Waals surface area contributed by atoms with Crippen LogP contribution in [0.25, 0.3) is 0 Å². The Labute approximate surface area is 75.5 Å². The Hall–Kier alpha value is -0.530. The average molecular weight is 170 g/mol. The van der Waals surface area contributed by atoms with Crippen molar-refractivity contribution in [3.8, 4) is 0 Å². The van der Waals surface area contributed by atoms with Gasteiger partial charge in [0.1, 0.15) is 0 Å². The molecule has 0 atom stereocenters. The summed E-state index contributed by atoms with van der Waals surface area (Å²) in [7, 11) is 0. The molecule has 0 unspecified atom stereocenters. The second-order valence-electron chi connectivity index (χ2n) is 3.96. The summed E-state index contributed by atoms with van der Waals surface area (Å²) in [4.78, 5) is 11.3. The van der Waals surface area contributed by atoms with E-state index in [9.17, 15) is 4.79 Å². The maximum Gasteiger partial charge on any atom is 0.224 e. The number of nitrogens with two attached hydrogens (primary N) is 1. The maximum absolute atomic E-state index is 11.3. The van der Waals surface area contributed by atoms with E-state index in [-0.39, 0.29) is 17.7 Å². The van der Waals surface area contributed by atoms with Gasteiger partial charge in [-0.3, -0.25) is 4.79 Å². The first-order chi connectivity index (χ1) is 5.39. The van der Waals surface area contributed by atoms with Crippen LogP contribution < -0.4 is 5.73 Å². The standard InChI is InChI=1S/C10H20NO/c1-6-10(7(2)3,8(4)5)9(11)12/h7-8H,1,6H2,2-5H3,(H2,11,12). The van der Waals surface area contributed by atoms with Gasteiger partial charge in [0.2, 0.25) is 5.91 Å². The highest BCUT2D eigenvalue weighted by Gasteiger charge is 2.40. The minimum Gasteiger partial charge on any atom is -0.369 e. The van der Waals surface area contributed by atoms with Gasteiger partial charge in [-0.05, 0) is 18.3 Å². The van der Waals surface area contributed by atoms with Gasteiger partial charge in [0.15, 0.2) is 0 Å². The van der Waals surface area contributed by atoms with Gasteiger partial charge in [0, 0.05) is 0 Å². The molecule has 2 heteroatoms. The minimum atomic E-state index is -0.431. The van der Waals surface area contributed by atoms with E-state index in [1.54, 1.807) is 0 Å². The third kappa shape index (κ3) is 1.62. The van der Waals surface area contributed by atoms with Crippen LogP contribution >= 0.6 is 0 Å². The third-order valence-electron chi connectivity index (χ3n) is 2.93. The van der Waals surface area contributed by atoms with Crippen LogP contribution in [-0.4, -0.2) is 5.91 Å². The Morgan fingerprint density at radius 2 is 1.67 bits per heavy atom. The van der Waals surface area contributed by atoms with Crippen molar-refractivity contribution < 1.29 is 4.79 Å². The summed E-state index contributed by atoms with van der Waals surface area (Å²) in [5.41, 5.74) is 4.97. The Morgan fingerprint density at radius 1 is 1.33 bits per heavy atom. The van der Waals surface area contributed by atoms with Crippen LogP contribution in [-0.2, 0) is 4.79 Å². The fraction of sp³-hybridized carbons (Fsp3) is 0.800. The van der Waals surface area contributed by atoms with E-state index in [1.807, 2.05) is 27.7 Å². The van der Waals surface area contributed by atoms with Gasteiger partial charge in [-0.2, -0.15) is 0 Å². The highest BCUT2D eigenvalue weighted by atomic mass is 16.1. The normalized spacial score (nSPS) is 12.6. The van der Waals surface area contributed by atoms with Crippen LogP contribution in [0.2, 0.25) is 0 Å². The van der Waals surface area contributed by atoms with Gasteiger partial charge in [-0.15, -0.1) is 0 Å². The quantitative estimate of drug-likeness (QED) is 0.689. The van der Waals surface area contributed by atoms with Crippen LogP contribution in [0, 0.1) is 24.2 Å². The maximum atomic E-state index is 11.3. The molecule has 1 amide bonds. The Kier molecular flexibility index (Phi) is 3.75. The number of carbonyl (C=O) groups excluding carboxylic acids is 1. The Morgan fingerprint density at radius 3 is 1.67 bits per heavy atom. The molecule has 0 spiro atoms. The van der Waals surface area contributed by atoms with Gasteiger partial charge in [-0.1, -0.05) is 34.6 Å². The molecule has 12 heavy (non-hydrogen) atoms. The van der Waals surface area contributed by atoms with E-state index in [4.69, 9.17) is 5.73 Å². The molecule has 0 fully saturated rings. The molecule has 0 aromatic carbocycles. The number of hydrogen-bond acceptors (Lipinski definition) is 1. The molecular formula is C10H20NO. The molecule has 0 aromatic heterocycles. The molecule has 2 N–H and O–H groups in total. The first-order valence-corrected chi connectivity index (χ1v) is 4.48. The lowest BCUT2D eigenvalue weighted by Gasteiger charge is -2.37. The van der Waals surface area contributed by atoms with Crippen LogP contribution in [0.5, 0.6) is 0 Å². The monoisotopic (exact) mass is 170 g/mol. The molecule has 0 rings (SSSR count). The average Bonchev–Trinajstić information content (AvgIpc) is 1.86. The topological polar surface area (TPSA) is 43.1 Å². The number of amides is 1. The molecule has 0 aliphatic carbocycles. The summed E-state index contributed by atoms with van der Waals surface area (Å²) >= 11 is 0. The molecule has 0 saturated carbocycles. The van der Waals surface area contributed by atoms with Gasteiger partial charge < -0.3 is 5.73 Å². The van der Waals surface area contributed by atoms with Gasteiger partial charge >= 0.3 is 0 Å². The van der Waals surface area contributed by atoms with E-state index in [2.05, 4.69) is 6.92 Å². The molecule has 1 radical (unpaired) electrons. The molecular weight excluding hydrogens is 150 g/mol. The van der Waals surface area contributed by atoms with E-state index in [0.717, 1.165) is 0 Å². The molecule has 0 heterocycles. The summed E-state index contributed by atoms with van der Waals surface area (Å²) in [6, 6.07) is 0. The fourth-order valence-electron chi connectivity index (χ4n) is 1.94. The van der Waals surface area contributed by atoms with Crippen molar-refractivity contribution in [2.45, 2.75) is 34.1 Å². The molecule has 0 saturated heterocycles. The van der Waals surface area contributed by atoms with Crippen LogP contribution in [0.1, 0.15) is 34.1 Å². The Balaban J connectivity index is 4.90. The number of hydrogen-bond donors (Lipinski definition) is 1. The first kappa shape index (κ1) is 11.5. The molecule has 71 valence electrons. The first-order valence-electron chi connectivity index (χ1n) is 4.48. The molecule has 0 bridgehead atoms. The molecule has 0 aliphatic heterocycles. The van der Waals surface area contributed by atoms with Crippen LogP contribution in [0.4, 0.5) is 0 Å². The van der Waals surface area contributed by atoms with Crippen LogP contribution in [0.15, 0.2) is 0 Å². The van der Waals surface area contributed by atoms with Crippen LogP contribution in [0.3, 0.4) is 0 Å². The summed E-state index contributed by atoms with van der Waals surface area (Å²) < 4.78 is 0. The highest BCUT2D eigenvalue weighted by molar-refractivity contribution is 5.81. The lowest BCUT2D eigenvalue weighted by atomic mass is 9.66. The van der Waals surface area contributed by atoms with E-state index in [0.29, 0.717) is 6.42 Å². The number of carbonyl (C=O) groups is 1. The van der Waals surface area contributed by atoms with Gasteiger partial charge in [0.25, 0.3) is 0 Å². The number of primary amides is 1. The zero-order chi connectivity index (χ0) is 9.94. The fourth-order valence-corrected chi connectivity index (χ4v) is 1.94. The van der Waals surface area contributed by atoms with Crippen molar-refractivity contribution >= 4 is 5.91 Å². The number of rotatable bonds is 4. The second kappa shape index (κ2) is 3.92. The smallest absolute Gasteiger partial charge is 0.224 e. The molecule has 2 nitrogen and oxygen atoms in total. The van der Waals surface area contributed by atoms with Crippen molar-refractivity contribution in [2.75, 3.05) is 0 Å². The van der Waals surface area contributed by atoms with E-state index in [1.165, 1.54) is 0 Å². The molecule has 0 aliphatic rings. The van der Waals surface area contributed by atoms with Crippen molar-refractivity contribution in [3.63, 3.8) is 0 Å². The van der Waals surface area contributed by atoms with E-state index >= 15 is 0 Å². The summed E-state index contributed by atoms with van der Waals surface area (Å²) in [5, 5.41) is 0. The second-order valence-corrected chi connectivity index (χ2v) is 3.96. The summed E-state index contributed by atoms with van der Waals surface area (Å²) in [5.74, 6) is 0.294. The van der Waals surface area contributed by atoms with Gasteiger partial charge in [-0.25, -0.2) is 0 Å². The summed E-state index contributed by atoms with van der Waals surface area (Å²) in [6.07, 6.45) is 0.581. The zero-order valence-corrected chi connectivity index (χ0v) is 8.55.